The lowest BCUT2D eigenvalue weighted by molar-refractivity contribution is 0.628. The van der Waals surface area contributed by atoms with Gasteiger partial charge in [-0.05, 0) is 42.8 Å². The quantitative estimate of drug-likeness (QED) is 0.725. The minimum Gasteiger partial charge on any atom is -0.345 e. The number of hydrogen-bond acceptors (Lipinski definition) is 2. The topological polar surface area (TPSA) is 39.6 Å². The summed E-state index contributed by atoms with van der Waals surface area (Å²) in [5.74, 6) is -0.281. The van der Waals surface area contributed by atoms with Crippen LogP contribution in [0.5, 0.6) is 0 Å². The van der Waals surface area contributed by atoms with Gasteiger partial charge in [-0.25, -0.2) is 4.39 Å². The van der Waals surface area contributed by atoms with Gasteiger partial charge in [-0.15, -0.1) is 11.3 Å². The van der Waals surface area contributed by atoms with Crippen molar-refractivity contribution in [3.8, 4) is 27.8 Å². The van der Waals surface area contributed by atoms with Crippen LogP contribution in [0.1, 0.15) is 10.6 Å². The van der Waals surface area contributed by atoms with E-state index >= 15 is 0 Å². The molecule has 3 rings (SSSR count). The standard InChI is InChI=1S/C16H11FN2S/c1-10-2-7-16(20-10)14-8-13(15(9-18)19-14)11-3-5-12(17)6-4-11/h2-8,19H,1H3. The van der Waals surface area contributed by atoms with Gasteiger partial charge >= 0.3 is 0 Å². The summed E-state index contributed by atoms with van der Waals surface area (Å²) >= 11 is 1.67. The average Bonchev–Trinajstić information content (AvgIpc) is 3.05. The van der Waals surface area contributed by atoms with E-state index in [9.17, 15) is 9.65 Å². The van der Waals surface area contributed by atoms with Gasteiger partial charge in [0.05, 0.1) is 10.6 Å². The van der Waals surface area contributed by atoms with Crippen molar-refractivity contribution in [1.82, 2.24) is 4.98 Å². The van der Waals surface area contributed by atoms with E-state index in [1.165, 1.54) is 17.0 Å². The van der Waals surface area contributed by atoms with Crippen LogP contribution in [0.25, 0.3) is 21.7 Å². The molecule has 0 bridgehead atoms. The van der Waals surface area contributed by atoms with Gasteiger partial charge in [0, 0.05) is 10.4 Å². The van der Waals surface area contributed by atoms with Crippen molar-refractivity contribution in [3.63, 3.8) is 0 Å². The third-order valence-corrected chi connectivity index (χ3v) is 4.12. The second-order valence-corrected chi connectivity index (χ2v) is 5.79. The first-order chi connectivity index (χ1) is 9.67. The van der Waals surface area contributed by atoms with Crippen molar-refractivity contribution in [2.45, 2.75) is 6.92 Å². The van der Waals surface area contributed by atoms with Crippen molar-refractivity contribution < 1.29 is 4.39 Å². The van der Waals surface area contributed by atoms with E-state index in [4.69, 9.17) is 0 Å². The summed E-state index contributed by atoms with van der Waals surface area (Å²) in [5.41, 5.74) is 3.05. The highest BCUT2D eigenvalue weighted by Gasteiger charge is 2.12. The highest BCUT2D eigenvalue weighted by atomic mass is 32.1. The first-order valence-corrected chi connectivity index (χ1v) is 6.95. The van der Waals surface area contributed by atoms with Crippen molar-refractivity contribution in [1.29, 1.82) is 5.26 Å². The molecule has 2 heterocycles. The molecular formula is C16H11FN2S. The normalized spacial score (nSPS) is 10.4. The first-order valence-electron chi connectivity index (χ1n) is 6.13. The molecule has 0 aliphatic rings. The third-order valence-electron chi connectivity index (χ3n) is 3.09. The zero-order valence-corrected chi connectivity index (χ0v) is 11.6. The number of thiophene rings is 1. The van der Waals surface area contributed by atoms with E-state index in [-0.39, 0.29) is 5.82 Å². The molecule has 1 N–H and O–H groups in total. The number of rotatable bonds is 2. The maximum absolute atomic E-state index is 13.0. The summed E-state index contributed by atoms with van der Waals surface area (Å²) < 4.78 is 13.0. The predicted octanol–water partition coefficient (Wildman–Crippen LogP) is 4.73. The number of nitriles is 1. The molecule has 0 unspecified atom stereocenters. The Morgan fingerprint density at radius 2 is 1.90 bits per heavy atom. The first kappa shape index (κ1) is 12.6. The van der Waals surface area contributed by atoms with Crippen molar-refractivity contribution in [2.24, 2.45) is 0 Å². The molecule has 3 aromatic rings. The van der Waals surface area contributed by atoms with Gasteiger partial charge in [-0.3, -0.25) is 0 Å². The molecule has 0 fully saturated rings. The summed E-state index contributed by atoms with van der Waals surface area (Å²) in [5, 5.41) is 9.25. The molecule has 4 heteroatoms. The average molecular weight is 282 g/mol. The van der Waals surface area contributed by atoms with Crippen LogP contribution in [0, 0.1) is 24.1 Å². The molecule has 2 aromatic heterocycles. The molecule has 0 atom stereocenters. The van der Waals surface area contributed by atoms with Gasteiger partial charge in [0.1, 0.15) is 17.6 Å². The fraction of sp³-hybridized carbons (Fsp3) is 0.0625. The van der Waals surface area contributed by atoms with Crippen LogP contribution >= 0.6 is 11.3 Å². The van der Waals surface area contributed by atoms with Gasteiger partial charge < -0.3 is 4.98 Å². The maximum Gasteiger partial charge on any atom is 0.126 e. The monoisotopic (exact) mass is 282 g/mol. The Labute approximate surface area is 120 Å². The van der Waals surface area contributed by atoms with Gasteiger partial charge in [-0.2, -0.15) is 5.26 Å². The molecule has 0 amide bonds. The Balaban J connectivity index is 2.10. The van der Waals surface area contributed by atoms with Gasteiger partial charge in [0.25, 0.3) is 0 Å². The van der Waals surface area contributed by atoms with Crippen molar-refractivity contribution >= 4 is 11.3 Å². The molecule has 0 aliphatic carbocycles. The summed E-state index contributed by atoms with van der Waals surface area (Å²) in [6.07, 6.45) is 0. The summed E-state index contributed by atoms with van der Waals surface area (Å²) in [4.78, 5) is 5.44. The number of H-pyrrole nitrogens is 1. The molecule has 2 nitrogen and oxygen atoms in total. The van der Waals surface area contributed by atoms with Crippen LogP contribution in [-0.2, 0) is 0 Å². The summed E-state index contributed by atoms with van der Waals surface area (Å²) in [6, 6.07) is 14.3. The Hall–Kier alpha value is -2.38. The largest absolute Gasteiger partial charge is 0.345 e. The van der Waals surface area contributed by atoms with Gasteiger partial charge in [0.15, 0.2) is 0 Å². The number of nitrogens with zero attached hydrogens (tertiary/aromatic N) is 1. The van der Waals surface area contributed by atoms with Crippen LogP contribution in [0.15, 0.2) is 42.5 Å². The lowest BCUT2D eigenvalue weighted by atomic mass is 10.1. The van der Waals surface area contributed by atoms with E-state index in [1.54, 1.807) is 23.5 Å². The SMILES string of the molecule is Cc1ccc(-c2cc(-c3ccc(F)cc3)c(C#N)[nH]2)s1. The molecule has 1 aromatic carbocycles. The highest BCUT2D eigenvalue weighted by Crippen LogP contribution is 2.32. The van der Waals surface area contributed by atoms with Crippen LogP contribution < -0.4 is 0 Å². The molecule has 0 spiro atoms. The Kier molecular flexibility index (Phi) is 3.13. The fourth-order valence-corrected chi connectivity index (χ4v) is 2.95. The fourth-order valence-electron chi connectivity index (χ4n) is 2.11. The molecule has 0 radical (unpaired) electrons. The number of aromatic nitrogens is 1. The van der Waals surface area contributed by atoms with Crippen molar-refractivity contribution in [2.75, 3.05) is 0 Å². The molecule has 20 heavy (non-hydrogen) atoms. The zero-order valence-electron chi connectivity index (χ0n) is 10.8. The second-order valence-electron chi connectivity index (χ2n) is 4.50. The van der Waals surface area contributed by atoms with Crippen LogP contribution in [0.4, 0.5) is 4.39 Å². The highest BCUT2D eigenvalue weighted by molar-refractivity contribution is 7.15. The Morgan fingerprint density at radius 1 is 1.15 bits per heavy atom. The van der Waals surface area contributed by atoms with Crippen LogP contribution in [0.2, 0.25) is 0 Å². The maximum atomic E-state index is 13.0. The van der Waals surface area contributed by atoms with Gasteiger partial charge in [-0.1, -0.05) is 12.1 Å². The molecule has 98 valence electrons. The van der Waals surface area contributed by atoms with Gasteiger partial charge in [0.2, 0.25) is 0 Å². The smallest absolute Gasteiger partial charge is 0.126 e. The molecule has 0 saturated carbocycles. The molecule has 0 saturated heterocycles. The number of benzene rings is 1. The van der Waals surface area contributed by atoms with Crippen molar-refractivity contribution in [3.05, 3.63) is 58.9 Å². The van der Waals surface area contributed by atoms with E-state index in [0.717, 1.165) is 21.7 Å². The third kappa shape index (κ3) is 2.24. The Morgan fingerprint density at radius 3 is 2.50 bits per heavy atom. The lowest BCUT2D eigenvalue weighted by Crippen LogP contribution is -1.81. The van der Waals surface area contributed by atoms with E-state index in [1.807, 2.05) is 25.1 Å². The summed E-state index contributed by atoms with van der Waals surface area (Å²) in [6.45, 7) is 2.04. The number of hydrogen-bond donors (Lipinski definition) is 1. The number of aryl methyl sites for hydroxylation is 1. The van der Waals surface area contributed by atoms with Crippen LogP contribution in [-0.4, -0.2) is 4.98 Å². The minimum absolute atomic E-state index is 0.281. The minimum atomic E-state index is -0.281. The lowest BCUT2D eigenvalue weighted by Gasteiger charge is -1.97. The number of nitrogens with one attached hydrogen (secondary N) is 1. The number of aromatic amines is 1. The molecule has 0 aliphatic heterocycles. The number of halogens is 1. The Bertz CT molecular complexity index is 791. The molecular weight excluding hydrogens is 271 g/mol. The second kappa shape index (κ2) is 4.95. The van der Waals surface area contributed by atoms with E-state index in [2.05, 4.69) is 11.1 Å². The summed E-state index contributed by atoms with van der Waals surface area (Å²) in [7, 11) is 0. The zero-order chi connectivity index (χ0) is 14.1. The predicted molar refractivity (Wildman–Crippen MR) is 79.0 cm³/mol. The van der Waals surface area contributed by atoms with Crippen LogP contribution in [0.3, 0.4) is 0 Å². The van der Waals surface area contributed by atoms with E-state index < -0.39 is 0 Å². The van der Waals surface area contributed by atoms with E-state index in [0.29, 0.717) is 5.69 Å².